The summed E-state index contributed by atoms with van der Waals surface area (Å²) in [5.74, 6) is 0.784. The molecule has 0 radical (unpaired) electrons. The van der Waals surface area contributed by atoms with Crippen molar-refractivity contribution in [2.75, 3.05) is 18.4 Å². The van der Waals surface area contributed by atoms with Crippen LogP contribution < -0.4 is 11.1 Å². The molecule has 2 saturated carbocycles. The van der Waals surface area contributed by atoms with Crippen LogP contribution in [0.3, 0.4) is 0 Å². The molecule has 0 aliphatic heterocycles. The van der Waals surface area contributed by atoms with Crippen molar-refractivity contribution in [3.8, 4) is 0 Å². The molecule has 142 valence electrons. The van der Waals surface area contributed by atoms with Gasteiger partial charge < -0.3 is 16.0 Å². The molecule has 1 aromatic rings. The molecule has 0 bridgehead atoms. The Balaban J connectivity index is 1.55. The Hall–Kier alpha value is -1.88. The van der Waals surface area contributed by atoms with Gasteiger partial charge in [-0.2, -0.15) is 0 Å². The molecule has 2 fully saturated rings. The van der Waals surface area contributed by atoms with Crippen molar-refractivity contribution < 1.29 is 9.59 Å². The highest BCUT2D eigenvalue weighted by molar-refractivity contribution is 5.92. The van der Waals surface area contributed by atoms with Crippen LogP contribution in [0.25, 0.3) is 0 Å². The highest BCUT2D eigenvalue weighted by atomic mass is 16.2. The van der Waals surface area contributed by atoms with Gasteiger partial charge in [0.2, 0.25) is 11.8 Å². The van der Waals surface area contributed by atoms with Gasteiger partial charge in [-0.1, -0.05) is 31.4 Å². The Kier molecular flexibility index (Phi) is 6.67. The Bertz CT molecular complexity index is 604. The van der Waals surface area contributed by atoms with E-state index in [0.717, 1.165) is 56.2 Å². The van der Waals surface area contributed by atoms with E-state index in [1.807, 2.05) is 29.2 Å². The van der Waals surface area contributed by atoms with Crippen molar-refractivity contribution in [2.45, 2.75) is 57.9 Å². The van der Waals surface area contributed by atoms with E-state index in [9.17, 15) is 9.59 Å². The average Bonchev–Trinajstić information content (AvgIpc) is 3.52. The van der Waals surface area contributed by atoms with E-state index in [2.05, 4.69) is 5.32 Å². The molecule has 0 aromatic heterocycles. The van der Waals surface area contributed by atoms with Gasteiger partial charge in [-0.15, -0.1) is 0 Å². The van der Waals surface area contributed by atoms with Gasteiger partial charge in [0.25, 0.3) is 0 Å². The minimum absolute atomic E-state index is 0.144. The van der Waals surface area contributed by atoms with Crippen molar-refractivity contribution in [1.82, 2.24) is 4.90 Å². The molecule has 0 heterocycles. The van der Waals surface area contributed by atoms with Crippen LogP contribution in [0.15, 0.2) is 24.3 Å². The van der Waals surface area contributed by atoms with Crippen LogP contribution in [0.2, 0.25) is 0 Å². The standard InChI is InChI=1S/C21H31N3O2/c22-13-4-14-24(21(26)18-9-10-18)15-16-7-11-19(12-8-16)23-20(25)17-5-2-1-3-6-17/h7-8,11-12,17-18H,1-6,9-10,13-15,22H2,(H,23,25). The largest absolute Gasteiger partial charge is 0.338 e. The number of nitrogens with zero attached hydrogens (tertiary/aromatic N) is 1. The molecule has 0 saturated heterocycles. The minimum atomic E-state index is 0.144. The van der Waals surface area contributed by atoms with Crippen LogP contribution in [0.1, 0.15) is 56.9 Å². The molecule has 26 heavy (non-hydrogen) atoms. The quantitative estimate of drug-likeness (QED) is 0.749. The Morgan fingerprint density at radius 2 is 1.69 bits per heavy atom. The first-order valence-electron chi connectivity index (χ1n) is 10.1. The lowest BCUT2D eigenvalue weighted by Crippen LogP contribution is -2.33. The van der Waals surface area contributed by atoms with Gasteiger partial charge in [-0.25, -0.2) is 0 Å². The third-order valence-corrected chi connectivity index (χ3v) is 5.44. The zero-order valence-electron chi connectivity index (χ0n) is 15.6. The van der Waals surface area contributed by atoms with E-state index in [-0.39, 0.29) is 23.7 Å². The molecular formula is C21H31N3O2. The third kappa shape index (κ3) is 5.31. The Labute approximate surface area is 156 Å². The van der Waals surface area contributed by atoms with Gasteiger partial charge in [0.05, 0.1) is 0 Å². The number of benzene rings is 1. The second kappa shape index (κ2) is 9.17. The average molecular weight is 357 g/mol. The summed E-state index contributed by atoms with van der Waals surface area (Å²) in [6, 6.07) is 7.90. The summed E-state index contributed by atoms with van der Waals surface area (Å²) in [5, 5.41) is 3.04. The number of nitrogens with one attached hydrogen (secondary N) is 1. The summed E-state index contributed by atoms with van der Waals surface area (Å²) >= 11 is 0. The lowest BCUT2D eigenvalue weighted by molar-refractivity contribution is -0.133. The van der Waals surface area contributed by atoms with Crippen molar-refractivity contribution in [3.63, 3.8) is 0 Å². The van der Waals surface area contributed by atoms with Gasteiger partial charge in [0.1, 0.15) is 0 Å². The highest BCUT2D eigenvalue weighted by Crippen LogP contribution is 2.31. The molecule has 1 aromatic carbocycles. The van der Waals surface area contributed by atoms with Gasteiger partial charge in [0.15, 0.2) is 0 Å². The van der Waals surface area contributed by atoms with Crippen molar-refractivity contribution >= 4 is 17.5 Å². The van der Waals surface area contributed by atoms with Crippen LogP contribution in [-0.2, 0) is 16.1 Å². The second-order valence-corrected chi connectivity index (χ2v) is 7.70. The number of amides is 2. The van der Waals surface area contributed by atoms with Crippen LogP contribution in [0, 0.1) is 11.8 Å². The first-order valence-corrected chi connectivity index (χ1v) is 10.1. The van der Waals surface area contributed by atoms with Crippen molar-refractivity contribution in [1.29, 1.82) is 0 Å². The van der Waals surface area contributed by atoms with E-state index in [0.29, 0.717) is 19.6 Å². The number of carbonyl (C=O) groups excluding carboxylic acids is 2. The molecule has 2 amide bonds. The number of nitrogens with two attached hydrogens (primary N) is 1. The molecule has 0 spiro atoms. The van der Waals surface area contributed by atoms with Crippen molar-refractivity contribution in [3.05, 3.63) is 29.8 Å². The number of anilines is 1. The van der Waals surface area contributed by atoms with E-state index in [4.69, 9.17) is 5.73 Å². The fourth-order valence-electron chi connectivity index (χ4n) is 3.66. The van der Waals surface area contributed by atoms with Crippen LogP contribution in [-0.4, -0.2) is 29.8 Å². The molecular weight excluding hydrogens is 326 g/mol. The predicted octanol–water partition coefficient (Wildman–Crippen LogP) is 3.29. The topological polar surface area (TPSA) is 75.4 Å². The SMILES string of the molecule is NCCCN(Cc1ccc(NC(=O)C2CCCCC2)cc1)C(=O)C1CC1. The second-order valence-electron chi connectivity index (χ2n) is 7.70. The molecule has 2 aliphatic carbocycles. The zero-order valence-corrected chi connectivity index (χ0v) is 15.6. The minimum Gasteiger partial charge on any atom is -0.338 e. The summed E-state index contributed by atoms with van der Waals surface area (Å²) < 4.78 is 0. The summed E-state index contributed by atoms with van der Waals surface area (Å²) in [6.07, 6.45) is 8.43. The monoisotopic (exact) mass is 357 g/mol. The lowest BCUT2D eigenvalue weighted by Gasteiger charge is -2.23. The number of hydrogen-bond donors (Lipinski definition) is 2. The van der Waals surface area contributed by atoms with Gasteiger partial charge in [-0.3, -0.25) is 9.59 Å². The molecule has 5 heteroatoms. The molecule has 0 unspecified atom stereocenters. The molecule has 3 N–H and O–H groups in total. The van der Waals surface area contributed by atoms with Crippen LogP contribution in [0.4, 0.5) is 5.69 Å². The number of carbonyl (C=O) groups is 2. The maximum absolute atomic E-state index is 12.4. The number of rotatable bonds is 8. The van der Waals surface area contributed by atoms with E-state index in [1.54, 1.807) is 0 Å². The fourth-order valence-corrected chi connectivity index (χ4v) is 3.66. The summed E-state index contributed by atoms with van der Waals surface area (Å²) in [5.41, 5.74) is 7.54. The van der Waals surface area contributed by atoms with Crippen molar-refractivity contribution in [2.24, 2.45) is 17.6 Å². The summed E-state index contributed by atoms with van der Waals surface area (Å²) in [4.78, 5) is 26.7. The fraction of sp³-hybridized carbons (Fsp3) is 0.619. The van der Waals surface area contributed by atoms with Crippen LogP contribution >= 0.6 is 0 Å². The van der Waals surface area contributed by atoms with Gasteiger partial charge in [0, 0.05) is 30.6 Å². The molecule has 0 atom stereocenters. The maximum atomic E-state index is 12.4. The van der Waals surface area contributed by atoms with Crippen LogP contribution in [0.5, 0.6) is 0 Å². The maximum Gasteiger partial charge on any atom is 0.227 e. The van der Waals surface area contributed by atoms with Gasteiger partial charge in [-0.05, 0) is 56.3 Å². The third-order valence-electron chi connectivity index (χ3n) is 5.44. The summed E-state index contributed by atoms with van der Waals surface area (Å²) in [6.45, 7) is 1.93. The Morgan fingerprint density at radius 1 is 1.00 bits per heavy atom. The molecule has 5 nitrogen and oxygen atoms in total. The first kappa shape index (κ1) is 18.9. The molecule has 3 rings (SSSR count). The lowest BCUT2D eigenvalue weighted by atomic mass is 9.88. The van der Waals surface area contributed by atoms with E-state index >= 15 is 0 Å². The predicted molar refractivity (Wildman–Crippen MR) is 103 cm³/mol. The van der Waals surface area contributed by atoms with E-state index < -0.39 is 0 Å². The zero-order chi connectivity index (χ0) is 18.4. The smallest absolute Gasteiger partial charge is 0.227 e. The Morgan fingerprint density at radius 3 is 2.31 bits per heavy atom. The highest BCUT2D eigenvalue weighted by Gasteiger charge is 2.33. The molecule has 2 aliphatic rings. The normalized spacial score (nSPS) is 17.7. The van der Waals surface area contributed by atoms with Gasteiger partial charge >= 0.3 is 0 Å². The van der Waals surface area contributed by atoms with E-state index in [1.165, 1.54) is 6.42 Å². The number of hydrogen-bond acceptors (Lipinski definition) is 3. The summed E-state index contributed by atoms with van der Waals surface area (Å²) in [7, 11) is 0. The first-order chi connectivity index (χ1) is 12.7.